The number of amides is 1. The number of halogens is 3. The second-order valence-electron chi connectivity index (χ2n) is 3.65. The lowest BCUT2D eigenvalue weighted by Gasteiger charge is -2.27. The Hall–Kier alpha value is -1.01. The maximum atomic E-state index is 11.3. The molecule has 1 amide bonds. The average Bonchev–Trinajstić information content (AvgIpc) is 2.37. The number of alkyl halides is 3. The van der Waals surface area contributed by atoms with Crippen LogP contribution in [-0.4, -0.2) is 21.0 Å². The quantitative estimate of drug-likeness (QED) is 0.337. The highest BCUT2D eigenvalue weighted by Crippen LogP contribution is 2.29. The van der Waals surface area contributed by atoms with Gasteiger partial charge in [0.05, 0.1) is 0 Å². The van der Waals surface area contributed by atoms with E-state index in [4.69, 9.17) is 47.0 Å². The number of carbonyl (C=O) groups excluding carboxylic acids is 1. The van der Waals surface area contributed by atoms with E-state index < -0.39 is 15.9 Å². The summed E-state index contributed by atoms with van der Waals surface area (Å²) in [6.45, 7) is 3.33. The van der Waals surface area contributed by atoms with Crippen LogP contribution in [0.2, 0.25) is 0 Å². The Bertz CT molecular complexity index is 490. The first-order chi connectivity index (χ1) is 9.32. The third-order valence-corrected chi connectivity index (χ3v) is 2.98. The van der Waals surface area contributed by atoms with Crippen molar-refractivity contribution in [3.63, 3.8) is 0 Å². The number of rotatable bonds is 4. The van der Waals surface area contributed by atoms with E-state index in [2.05, 4.69) is 22.5 Å². The van der Waals surface area contributed by atoms with Crippen LogP contribution in [0.3, 0.4) is 0 Å². The number of para-hydroxylation sites is 1. The molecule has 0 heterocycles. The minimum atomic E-state index is -1.78. The summed E-state index contributed by atoms with van der Waals surface area (Å²) in [6, 6.07) is 9.20. The molecule has 0 aliphatic rings. The van der Waals surface area contributed by atoms with E-state index in [1.807, 2.05) is 30.3 Å². The highest BCUT2D eigenvalue weighted by atomic mass is 35.6. The highest BCUT2D eigenvalue weighted by Gasteiger charge is 2.34. The van der Waals surface area contributed by atoms with Gasteiger partial charge in [0.15, 0.2) is 5.11 Å². The van der Waals surface area contributed by atoms with E-state index >= 15 is 0 Å². The van der Waals surface area contributed by atoms with Gasteiger partial charge < -0.3 is 16.0 Å². The predicted octanol–water partition coefficient (Wildman–Crippen LogP) is 2.97. The molecule has 0 radical (unpaired) electrons. The fourth-order valence-electron chi connectivity index (χ4n) is 1.22. The molecular weight excluding hydrogens is 341 g/mol. The summed E-state index contributed by atoms with van der Waals surface area (Å²) in [4.78, 5) is 11.3. The number of nitrogens with one attached hydrogen (secondary N) is 3. The van der Waals surface area contributed by atoms with E-state index in [1.54, 1.807) is 0 Å². The molecule has 108 valence electrons. The molecule has 0 aliphatic carbocycles. The van der Waals surface area contributed by atoms with Gasteiger partial charge in [0.2, 0.25) is 9.70 Å². The lowest BCUT2D eigenvalue weighted by molar-refractivity contribution is -0.117. The van der Waals surface area contributed by atoms with Crippen LogP contribution in [0.4, 0.5) is 5.69 Å². The summed E-state index contributed by atoms with van der Waals surface area (Å²) >= 11 is 22.4. The van der Waals surface area contributed by atoms with Gasteiger partial charge >= 0.3 is 0 Å². The van der Waals surface area contributed by atoms with Crippen molar-refractivity contribution in [1.82, 2.24) is 10.6 Å². The molecule has 0 aliphatic heterocycles. The van der Waals surface area contributed by atoms with Crippen LogP contribution in [0.1, 0.15) is 0 Å². The van der Waals surface area contributed by atoms with Crippen LogP contribution in [0.5, 0.6) is 0 Å². The maximum absolute atomic E-state index is 11.3. The Labute approximate surface area is 137 Å². The fourth-order valence-corrected chi connectivity index (χ4v) is 1.78. The van der Waals surface area contributed by atoms with E-state index in [0.717, 1.165) is 11.8 Å². The van der Waals surface area contributed by atoms with Crippen LogP contribution < -0.4 is 16.0 Å². The van der Waals surface area contributed by atoms with Gasteiger partial charge in [-0.15, -0.1) is 0 Å². The van der Waals surface area contributed by atoms with Gasteiger partial charge in [-0.3, -0.25) is 4.79 Å². The van der Waals surface area contributed by atoms with Gasteiger partial charge in [-0.05, 0) is 30.4 Å². The van der Waals surface area contributed by atoms with Gasteiger partial charge in [0, 0.05) is 5.69 Å². The summed E-state index contributed by atoms with van der Waals surface area (Å²) in [7, 11) is 0. The molecule has 1 atom stereocenters. The zero-order valence-corrected chi connectivity index (χ0v) is 13.3. The normalized spacial score (nSPS) is 12.2. The lowest BCUT2D eigenvalue weighted by atomic mass is 10.3. The van der Waals surface area contributed by atoms with Crippen LogP contribution in [0, 0.1) is 0 Å². The third kappa shape index (κ3) is 5.96. The molecule has 0 fully saturated rings. The number of hydrogen-bond acceptors (Lipinski definition) is 2. The van der Waals surface area contributed by atoms with Crippen molar-refractivity contribution in [2.45, 2.75) is 9.96 Å². The zero-order valence-electron chi connectivity index (χ0n) is 10.2. The number of benzene rings is 1. The van der Waals surface area contributed by atoms with Crippen molar-refractivity contribution in [2.24, 2.45) is 0 Å². The molecule has 0 saturated carbocycles. The van der Waals surface area contributed by atoms with E-state index in [1.165, 1.54) is 0 Å². The molecule has 1 rings (SSSR count). The van der Waals surface area contributed by atoms with Gasteiger partial charge in [0.25, 0.3) is 0 Å². The Kier molecular flexibility index (Phi) is 6.55. The van der Waals surface area contributed by atoms with Gasteiger partial charge in [-0.2, -0.15) is 0 Å². The molecule has 8 heteroatoms. The van der Waals surface area contributed by atoms with E-state index in [9.17, 15) is 4.79 Å². The standard InChI is InChI=1S/C12H12Cl3N3OS/c1-2-9(19)17-10(12(13,14)15)18-11(20)16-8-6-4-3-5-7-8/h2-7,10H,1H2,(H,17,19)(H2,16,18,20)/t10-/m1/s1. The summed E-state index contributed by atoms with van der Waals surface area (Å²) < 4.78 is -1.78. The molecule has 0 bridgehead atoms. The molecule has 0 spiro atoms. The van der Waals surface area contributed by atoms with Crippen LogP contribution >= 0.6 is 47.0 Å². The molecular formula is C12H12Cl3N3OS. The summed E-state index contributed by atoms with van der Waals surface area (Å²) in [6.07, 6.45) is 0.0698. The zero-order chi connectivity index (χ0) is 15.2. The van der Waals surface area contributed by atoms with Gasteiger partial charge in [0.1, 0.15) is 6.17 Å². The van der Waals surface area contributed by atoms with Crippen LogP contribution in [0.25, 0.3) is 0 Å². The molecule has 4 nitrogen and oxygen atoms in total. The molecule has 0 unspecified atom stereocenters. The van der Waals surface area contributed by atoms with Crippen molar-refractivity contribution in [3.8, 4) is 0 Å². The molecule has 1 aromatic rings. The number of carbonyl (C=O) groups is 1. The molecule has 0 aromatic heterocycles. The summed E-state index contributed by atoms with van der Waals surface area (Å²) in [5.74, 6) is -0.490. The largest absolute Gasteiger partial charge is 0.339 e. The molecule has 0 saturated heterocycles. The predicted molar refractivity (Wildman–Crippen MR) is 88.2 cm³/mol. The summed E-state index contributed by atoms with van der Waals surface area (Å²) in [5.41, 5.74) is 0.767. The fraction of sp³-hybridized carbons (Fsp3) is 0.167. The second-order valence-corrected chi connectivity index (χ2v) is 6.43. The molecule has 3 N–H and O–H groups in total. The smallest absolute Gasteiger partial charge is 0.245 e. The summed E-state index contributed by atoms with van der Waals surface area (Å²) in [5, 5.41) is 8.26. The SMILES string of the molecule is C=CC(=O)N[C@H](NC(=S)Nc1ccccc1)C(Cl)(Cl)Cl. The van der Waals surface area contributed by atoms with Crippen molar-refractivity contribution >= 4 is 63.7 Å². The minimum Gasteiger partial charge on any atom is -0.339 e. The lowest BCUT2D eigenvalue weighted by Crippen LogP contribution is -2.55. The van der Waals surface area contributed by atoms with E-state index in [0.29, 0.717) is 0 Å². The first-order valence-electron chi connectivity index (χ1n) is 5.45. The Balaban J connectivity index is 2.67. The topological polar surface area (TPSA) is 53.2 Å². The van der Waals surface area contributed by atoms with Crippen molar-refractivity contribution in [3.05, 3.63) is 43.0 Å². The van der Waals surface area contributed by atoms with Crippen LogP contribution in [0.15, 0.2) is 43.0 Å². The number of hydrogen-bond donors (Lipinski definition) is 3. The average molecular weight is 353 g/mol. The number of anilines is 1. The minimum absolute atomic E-state index is 0.205. The molecule has 1 aromatic carbocycles. The Morgan fingerprint density at radius 2 is 1.85 bits per heavy atom. The Morgan fingerprint density at radius 1 is 1.25 bits per heavy atom. The first-order valence-corrected chi connectivity index (χ1v) is 6.99. The molecule has 20 heavy (non-hydrogen) atoms. The second kappa shape index (κ2) is 7.69. The third-order valence-electron chi connectivity index (χ3n) is 2.11. The first kappa shape index (κ1) is 17.0. The van der Waals surface area contributed by atoms with Gasteiger partial charge in [-0.25, -0.2) is 0 Å². The van der Waals surface area contributed by atoms with Crippen molar-refractivity contribution < 1.29 is 4.79 Å². The maximum Gasteiger partial charge on any atom is 0.245 e. The van der Waals surface area contributed by atoms with E-state index in [-0.39, 0.29) is 5.11 Å². The van der Waals surface area contributed by atoms with Crippen LogP contribution in [-0.2, 0) is 4.79 Å². The van der Waals surface area contributed by atoms with Crippen molar-refractivity contribution in [2.75, 3.05) is 5.32 Å². The number of thiocarbonyl (C=S) groups is 1. The van der Waals surface area contributed by atoms with Gasteiger partial charge in [-0.1, -0.05) is 59.6 Å². The van der Waals surface area contributed by atoms with Crippen molar-refractivity contribution in [1.29, 1.82) is 0 Å². The Morgan fingerprint density at radius 3 is 2.35 bits per heavy atom. The highest BCUT2D eigenvalue weighted by molar-refractivity contribution is 7.80. The monoisotopic (exact) mass is 351 g/mol.